The largest absolute Gasteiger partial charge is 0.378 e. The first kappa shape index (κ1) is 25.8. The van der Waals surface area contributed by atoms with E-state index < -0.39 is 12.2 Å². The van der Waals surface area contributed by atoms with Gasteiger partial charge in [0.1, 0.15) is 0 Å². The highest BCUT2D eigenvalue weighted by molar-refractivity contribution is 5.79. The molecule has 4 heterocycles. The molecule has 2 saturated heterocycles. The molecule has 3 fully saturated rings. The molecule has 2 aromatic heterocycles. The molecule has 0 radical (unpaired) electrons. The number of nitrogens with zero attached hydrogens (tertiary/aromatic N) is 8. The fourth-order valence-electron chi connectivity index (χ4n) is 5.64. The summed E-state index contributed by atoms with van der Waals surface area (Å²) in [5.74, 6) is 0.726. The molecule has 3 aromatic rings. The molecule has 11 nitrogen and oxygen atoms in total. The van der Waals surface area contributed by atoms with Crippen LogP contribution in [0.25, 0.3) is 17.0 Å². The summed E-state index contributed by atoms with van der Waals surface area (Å²) in [6, 6.07) is 7.16. The molecular formula is C26H33F2N9O2. The lowest BCUT2D eigenvalue weighted by molar-refractivity contribution is -0.136. The number of nitrogens with two attached hydrogens (primary N) is 1. The van der Waals surface area contributed by atoms with Crippen LogP contribution in [0.5, 0.6) is 0 Å². The highest BCUT2D eigenvalue weighted by Crippen LogP contribution is 2.29. The minimum absolute atomic E-state index is 0.0374. The van der Waals surface area contributed by atoms with Crippen LogP contribution in [0.3, 0.4) is 0 Å². The van der Waals surface area contributed by atoms with Gasteiger partial charge in [0.25, 0.3) is 6.43 Å². The number of ether oxygens (including phenoxy) is 1. The number of morpholine rings is 1. The quantitative estimate of drug-likeness (QED) is 0.518. The van der Waals surface area contributed by atoms with Crippen molar-refractivity contribution >= 4 is 28.8 Å². The second-order valence-corrected chi connectivity index (χ2v) is 10.4. The minimum Gasteiger partial charge on any atom is -0.378 e. The van der Waals surface area contributed by atoms with Gasteiger partial charge in [-0.1, -0.05) is 12.1 Å². The molecular weight excluding hydrogens is 508 g/mol. The molecule has 1 saturated carbocycles. The third-order valence-corrected chi connectivity index (χ3v) is 7.87. The SMILES string of the molecule is NC1CCC(C(=O)N2CCN(c3nc(N4CCOCC4)nc(-n4c(C(F)F)nc5ccccc54)n3)CC2)CC1. The first-order valence-corrected chi connectivity index (χ1v) is 13.6. The normalized spacial score (nSPS) is 22.6. The van der Waals surface area contributed by atoms with Crippen molar-refractivity contribution in [3.8, 4) is 5.95 Å². The van der Waals surface area contributed by atoms with Crippen LogP contribution in [0.4, 0.5) is 20.7 Å². The number of carbonyl (C=O) groups is 1. The number of aromatic nitrogens is 5. The van der Waals surface area contributed by atoms with Crippen molar-refractivity contribution < 1.29 is 18.3 Å². The van der Waals surface area contributed by atoms with Crippen molar-refractivity contribution in [2.75, 3.05) is 62.3 Å². The number of fused-ring (bicyclic) bond motifs is 1. The van der Waals surface area contributed by atoms with Crippen LogP contribution in [-0.2, 0) is 9.53 Å². The van der Waals surface area contributed by atoms with Crippen LogP contribution in [0.1, 0.15) is 37.9 Å². The number of rotatable bonds is 5. The van der Waals surface area contributed by atoms with Crippen LogP contribution in [-0.4, -0.2) is 93.8 Å². The number of amides is 1. The maximum absolute atomic E-state index is 14.1. The van der Waals surface area contributed by atoms with Gasteiger partial charge in [0, 0.05) is 51.2 Å². The molecule has 0 bridgehead atoms. The lowest BCUT2D eigenvalue weighted by Crippen LogP contribution is -2.51. The first-order chi connectivity index (χ1) is 19.0. The number of hydrogen-bond donors (Lipinski definition) is 1. The molecule has 13 heteroatoms. The van der Waals surface area contributed by atoms with Crippen molar-refractivity contribution in [2.45, 2.75) is 38.2 Å². The van der Waals surface area contributed by atoms with Crippen LogP contribution in [0, 0.1) is 5.92 Å². The first-order valence-electron chi connectivity index (χ1n) is 13.6. The molecule has 2 aliphatic heterocycles. The zero-order chi connectivity index (χ0) is 26.9. The van der Waals surface area contributed by atoms with Crippen molar-refractivity contribution in [2.24, 2.45) is 11.7 Å². The van der Waals surface area contributed by atoms with Gasteiger partial charge in [-0.3, -0.25) is 9.36 Å². The number of imidazole rings is 1. The third-order valence-electron chi connectivity index (χ3n) is 7.87. The summed E-state index contributed by atoms with van der Waals surface area (Å²) in [7, 11) is 0. The summed E-state index contributed by atoms with van der Waals surface area (Å²) in [5.41, 5.74) is 6.96. The van der Waals surface area contributed by atoms with E-state index in [9.17, 15) is 13.6 Å². The number of carbonyl (C=O) groups excluding carboxylic acids is 1. The number of hydrogen-bond acceptors (Lipinski definition) is 9. The molecule has 1 amide bonds. The van der Waals surface area contributed by atoms with Gasteiger partial charge in [0.15, 0.2) is 5.82 Å². The van der Waals surface area contributed by atoms with E-state index >= 15 is 0 Å². The van der Waals surface area contributed by atoms with E-state index in [1.54, 1.807) is 24.3 Å². The van der Waals surface area contributed by atoms with Gasteiger partial charge in [0.05, 0.1) is 24.2 Å². The average molecular weight is 542 g/mol. The van der Waals surface area contributed by atoms with E-state index in [4.69, 9.17) is 15.5 Å². The molecule has 1 aliphatic carbocycles. The summed E-state index contributed by atoms with van der Waals surface area (Å²) < 4.78 is 35.0. The minimum atomic E-state index is -2.81. The Kier molecular flexibility index (Phi) is 7.26. The summed E-state index contributed by atoms with van der Waals surface area (Å²) in [6.45, 7) is 4.40. The standard InChI is InChI=1S/C26H33F2N9O2/c27-21(28)22-30-19-3-1-2-4-20(19)37(22)26-32-24(31-25(33-26)36-13-15-39-16-14-36)35-11-9-34(10-12-35)23(38)17-5-7-18(29)8-6-17/h1-4,17-18,21H,5-16,29H2. The van der Waals surface area contributed by atoms with Crippen molar-refractivity contribution in [3.63, 3.8) is 0 Å². The number of halogens is 2. The Morgan fingerprint density at radius 2 is 1.46 bits per heavy atom. The number of para-hydroxylation sites is 2. The Balaban J connectivity index is 1.30. The molecule has 1 aromatic carbocycles. The van der Waals surface area contributed by atoms with Crippen LogP contribution in [0.2, 0.25) is 0 Å². The summed E-state index contributed by atoms with van der Waals surface area (Å²) >= 11 is 0. The monoisotopic (exact) mass is 541 g/mol. The Morgan fingerprint density at radius 3 is 2.13 bits per heavy atom. The Hall–Kier alpha value is -3.45. The second kappa shape index (κ2) is 11.0. The zero-order valence-corrected chi connectivity index (χ0v) is 21.8. The maximum atomic E-state index is 14.1. The highest BCUT2D eigenvalue weighted by Gasteiger charge is 2.32. The maximum Gasteiger partial charge on any atom is 0.296 e. The molecule has 0 atom stereocenters. The Bertz CT molecular complexity index is 1310. The van der Waals surface area contributed by atoms with E-state index in [0.29, 0.717) is 75.4 Å². The molecule has 0 spiro atoms. The average Bonchev–Trinajstić information content (AvgIpc) is 3.38. The zero-order valence-electron chi connectivity index (χ0n) is 21.8. The summed E-state index contributed by atoms with van der Waals surface area (Å²) in [4.78, 5) is 37.2. The lowest BCUT2D eigenvalue weighted by atomic mass is 9.85. The van der Waals surface area contributed by atoms with Crippen LogP contribution >= 0.6 is 0 Å². The topological polar surface area (TPSA) is 119 Å². The van der Waals surface area contributed by atoms with E-state index in [2.05, 4.69) is 15.0 Å². The predicted octanol–water partition coefficient (Wildman–Crippen LogP) is 2.15. The summed E-state index contributed by atoms with van der Waals surface area (Å²) in [6.07, 6.45) is 0.639. The van der Waals surface area contributed by atoms with E-state index in [0.717, 1.165) is 25.7 Å². The van der Waals surface area contributed by atoms with Gasteiger partial charge >= 0.3 is 0 Å². The fourth-order valence-corrected chi connectivity index (χ4v) is 5.64. The van der Waals surface area contributed by atoms with Gasteiger partial charge in [-0.05, 0) is 37.8 Å². The Labute approximate surface area is 225 Å². The molecule has 0 unspecified atom stereocenters. The van der Waals surface area contributed by atoms with Gasteiger partial charge in [-0.15, -0.1) is 0 Å². The van der Waals surface area contributed by atoms with Crippen LogP contribution in [0.15, 0.2) is 24.3 Å². The molecule has 3 aliphatic rings. The third kappa shape index (κ3) is 5.24. The predicted molar refractivity (Wildman–Crippen MR) is 141 cm³/mol. The molecule has 2 N–H and O–H groups in total. The number of alkyl halides is 2. The van der Waals surface area contributed by atoms with E-state index in [1.165, 1.54) is 4.57 Å². The number of benzene rings is 1. The molecule has 39 heavy (non-hydrogen) atoms. The van der Waals surface area contributed by atoms with Crippen LogP contribution < -0.4 is 15.5 Å². The Morgan fingerprint density at radius 1 is 0.846 bits per heavy atom. The van der Waals surface area contributed by atoms with Crippen molar-refractivity contribution in [3.05, 3.63) is 30.1 Å². The fraction of sp³-hybridized carbons (Fsp3) is 0.577. The highest BCUT2D eigenvalue weighted by atomic mass is 19.3. The van der Waals surface area contributed by atoms with Gasteiger partial charge in [0.2, 0.25) is 23.8 Å². The number of piperazine rings is 1. The van der Waals surface area contributed by atoms with E-state index in [-0.39, 0.29) is 23.8 Å². The molecule has 208 valence electrons. The van der Waals surface area contributed by atoms with Gasteiger partial charge in [-0.25, -0.2) is 13.8 Å². The second-order valence-electron chi connectivity index (χ2n) is 10.4. The number of anilines is 2. The van der Waals surface area contributed by atoms with Gasteiger partial charge in [-0.2, -0.15) is 15.0 Å². The van der Waals surface area contributed by atoms with Gasteiger partial charge < -0.3 is 25.2 Å². The van der Waals surface area contributed by atoms with Crippen molar-refractivity contribution in [1.82, 2.24) is 29.4 Å². The smallest absolute Gasteiger partial charge is 0.296 e. The lowest BCUT2D eigenvalue weighted by Gasteiger charge is -2.38. The van der Waals surface area contributed by atoms with E-state index in [1.807, 2.05) is 14.7 Å². The molecule has 6 rings (SSSR count). The van der Waals surface area contributed by atoms with Crippen molar-refractivity contribution in [1.29, 1.82) is 0 Å². The summed E-state index contributed by atoms with van der Waals surface area (Å²) in [5, 5.41) is 0.